The molecule has 2 aromatic carbocycles. The molecule has 2 amide bonds. The van der Waals surface area contributed by atoms with Gasteiger partial charge in [0.25, 0.3) is 0 Å². The lowest BCUT2D eigenvalue weighted by Gasteiger charge is -2.17. The van der Waals surface area contributed by atoms with Crippen molar-refractivity contribution >= 4 is 34.0 Å². The van der Waals surface area contributed by atoms with Crippen LogP contribution in [0.2, 0.25) is 0 Å². The van der Waals surface area contributed by atoms with E-state index >= 15 is 0 Å². The summed E-state index contributed by atoms with van der Waals surface area (Å²) in [5, 5.41) is 4.38. The summed E-state index contributed by atoms with van der Waals surface area (Å²) in [5.41, 5.74) is 6.56. The van der Waals surface area contributed by atoms with E-state index in [-0.39, 0.29) is 0 Å². The Morgan fingerprint density at radius 1 is 1.05 bits per heavy atom. The third kappa shape index (κ3) is 2.49. The van der Waals surface area contributed by atoms with Gasteiger partial charge in [-0.3, -0.25) is 9.59 Å². The SMILES string of the molecule is CN(C)c1ccc(NC(=O)C(N)=O)c2ccccc12. The van der Waals surface area contributed by atoms with Crippen molar-refractivity contribution in [3.05, 3.63) is 36.4 Å². The molecule has 5 nitrogen and oxygen atoms in total. The Bertz CT molecular complexity index is 650. The molecule has 0 saturated heterocycles. The van der Waals surface area contributed by atoms with E-state index in [0.717, 1.165) is 16.5 Å². The molecule has 0 aromatic heterocycles. The number of carbonyl (C=O) groups is 2. The maximum absolute atomic E-state index is 11.4. The fourth-order valence-electron chi connectivity index (χ4n) is 1.97. The first-order chi connectivity index (χ1) is 9.00. The lowest BCUT2D eigenvalue weighted by atomic mass is 10.1. The van der Waals surface area contributed by atoms with E-state index in [2.05, 4.69) is 5.32 Å². The van der Waals surface area contributed by atoms with Gasteiger partial charge < -0.3 is 16.0 Å². The molecule has 19 heavy (non-hydrogen) atoms. The second-order valence-electron chi connectivity index (χ2n) is 4.39. The van der Waals surface area contributed by atoms with Crippen molar-refractivity contribution in [2.24, 2.45) is 5.73 Å². The number of carbonyl (C=O) groups excluding carboxylic acids is 2. The highest BCUT2D eigenvalue weighted by Crippen LogP contribution is 2.31. The number of hydrogen-bond acceptors (Lipinski definition) is 3. The van der Waals surface area contributed by atoms with E-state index in [1.165, 1.54) is 0 Å². The van der Waals surface area contributed by atoms with E-state index < -0.39 is 11.8 Å². The predicted octanol–water partition coefficient (Wildman–Crippen LogP) is 1.33. The topological polar surface area (TPSA) is 75.4 Å². The van der Waals surface area contributed by atoms with Crippen LogP contribution in [0.5, 0.6) is 0 Å². The normalized spacial score (nSPS) is 10.2. The average Bonchev–Trinajstić information content (AvgIpc) is 2.38. The van der Waals surface area contributed by atoms with E-state index in [9.17, 15) is 9.59 Å². The van der Waals surface area contributed by atoms with E-state index in [1.54, 1.807) is 6.07 Å². The summed E-state index contributed by atoms with van der Waals surface area (Å²) in [4.78, 5) is 24.2. The standard InChI is InChI=1S/C14H15N3O2/c1-17(2)12-8-7-11(16-14(19)13(15)18)9-5-3-4-6-10(9)12/h3-8H,1-2H3,(H2,15,18)(H,16,19). The smallest absolute Gasteiger partial charge is 0.313 e. The Hall–Kier alpha value is -2.56. The quantitative estimate of drug-likeness (QED) is 0.797. The molecular weight excluding hydrogens is 242 g/mol. The molecule has 5 heteroatoms. The molecule has 0 spiro atoms. The molecule has 0 radical (unpaired) electrons. The van der Waals surface area contributed by atoms with Crippen molar-refractivity contribution in [2.75, 3.05) is 24.3 Å². The maximum Gasteiger partial charge on any atom is 0.313 e. The van der Waals surface area contributed by atoms with Gasteiger partial charge in [-0.2, -0.15) is 0 Å². The first-order valence-corrected chi connectivity index (χ1v) is 5.80. The van der Waals surface area contributed by atoms with Gasteiger partial charge in [-0.1, -0.05) is 24.3 Å². The van der Waals surface area contributed by atoms with Crippen LogP contribution < -0.4 is 16.0 Å². The van der Waals surface area contributed by atoms with Gasteiger partial charge in [0.1, 0.15) is 0 Å². The molecule has 3 N–H and O–H groups in total. The van der Waals surface area contributed by atoms with Gasteiger partial charge in [-0.05, 0) is 12.1 Å². The lowest BCUT2D eigenvalue weighted by Crippen LogP contribution is -2.29. The number of rotatable bonds is 2. The lowest BCUT2D eigenvalue weighted by molar-refractivity contribution is -0.134. The van der Waals surface area contributed by atoms with Crippen molar-refractivity contribution in [1.29, 1.82) is 0 Å². The van der Waals surface area contributed by atoms with E-state index in [4.69, 9.17) is 5.73 Å². The zero-order chi connectivity index (χ0) is 14.0. The number of fused-ring (bicyclic) bond motifs is 1. The van der Waals surface area contributed by atoms with Crippen molar-refractivity contribution in [3.8, 4) is 0 Å². The van der Waals surface area contributed by atoms with Gasteiger partial charge in [-0.25, -0.2) is 0 Å². The first-order valence-electron chi connectivity index (χ1n) is 5.80. The van der Waals surface area contributed by atoms with Crippen LogP contribution in [0.3, 0.4) is 0 Å². The summed E-state index contributed by atoms with van der Waals surface area (Å²) >= 11 is 0. The number of primary amides is 1. The van der Waals surface area contributed by atoms with E-state index in [0.29, 0.717) is 5.69 Å². The Kier molecular flexibility index (Phi) is 3.37. The largest absolute Gasteiger partial charge is 0.377 e. The molecular formula is C14H15N3O2. The minimum Gasteiger partial charge on any atom is -0.377 e. The number of anilines is 2. The average molecular weight is 257 g/mol. The van der Waals surface area contributed by atoms with E-state index in [1.807, 2.05) is 49.3 Å². The second kappa shape index (κ2) is 4.97. The van der Waals surface area contributed by atoms with Crippen LogP contribution in [0, 0.1) is 0 Å². The zero-order valence-electron chi connectivity index (χ0n) is 10.8. The van der Waals surface area contributed by atoms with Crippen molar-refractivity contribution in [2.45, 2.75) is 0 Å². The molecule has 0 aliphatic carbocycles. The molecule has 0 aliphatic heterocycles. The minimum atomic E-state index is -0.999. The van der Waals surface area contributed by atoms with Crippen LogP contribution in [-0.2, 0) is 9.59 Å². The van der Waals surface area contributed by atoms with Crippen LogP contribution in [0.4, 0.5) is 11.4 Å². The number of hydrogen-bond donors (Lipinski definition) is 2. The summed E-state index contributed by atoms with van der Waals surface area (Å²) < 4.78 is 0. The first kappa shape index (κ1) is 12.9. The Labute approximate surface area is 111 Å². The molecule has 2 rings (SSSR count). The highest BCUT2D eigenvalue weighted by molar-refractivity contribution is 6.39. The number of nitrogens with zero attached hydrogens (tertiary/aromatic N) is 1. The van der Waals surface area contributed by atoms with Crippen LogP contribution >= 0.6 is 0 Å². The fourth-order valence-corrected chi connectivity index (χ4v) is 1.97. The molecule has 0 atom stereocenters. The molecule has 0 aliphatic rings. The van der Waals surface area contributed by atoms with Gasteiger partial charge in [0, 0.05) is 36.2 Å². The van der Waals surface area contributed by atoms with Crippen LogP contribution in [0.15, 0.2) is 36.4 Å². The van der Waals surface area contributed by atoms with Gasteiger partial charge in [-0.15, -0.1) is 0 Å². The number of nitrogens with two attached hydrogens (primary N) is 1. The highest BCUT2D eigenvalue weighted by atomic mass is 16.2. The number of amides is 2. The Morgan fingerprint density at radius 3 is 2.26 bits per heavy atom. The van der Waals surface area contributed by atoms with Gasteiger partial charge in [0.15, 0.2) is 0 Å². The number of benzene rings is 2. The molecule has 0 fully saturated rings. The Morgan fingerprint density at radius 2 is 1.68 bits per heavy atom. The van der Waals surface area contributed by atoms with Gasteiger partial charge in [0.2, 0.25) is 0 Å². The number of nitrogens with one attached hydrogen (secondary N) is 1. The summed E-state index contributed by atoms with van der Waals surface area (Å²) in [7, 11) is 3.90. The van der Waals surface area contributed by atoms with Crippen molar-refractivity contribution in [1.82, 2.24) is 0 Å². The summed E-state index contributed by atoms with van der Waals surface area (Å²) in [6.07, 6.45) is 0. The maximum atomic E-state index is 11.4. The van der Waals surface area contributed by atoms with Crippen molar-refractivity contribution < 1.29 is 9.59 Å². The molecule has 98 valence electrons. The molecule has 0 saturated carbocycles. The third-order valence-electron chi connectivity index (χ3n) is 2.85. The minimum absolute atomic E-state index is 0.574. The molecule has 0 heterocycles. The zero-order valence-corrected chi connectivity index (χ0v) is 10.8. The summed E-state index contributed by atoms with van der Waals surface area (Å²) in [5.74, 6) is -1.82. The predicted molar refractivity (Wildman–Crippen MR) is 76.1 cm³/mol. The van der Waals surface area contributed by atoms with Crippen molar-refractivity contribution in [3.63, 3.8) is 0 Å². The second-order valence-corrected chi connectivity index (χ2v) is 4.39. The summed E-state index contributed by atoms with van der Waals surface area (Å²) in [6.45, 7) is 0. The van der Waals surface area contributed by atoms with Crippen LogP contribution in [0.1, 0.15) is 0 Å². The van der Waals surface area contributed by atoms with Crippen LogP contribution in [0.25, 0.3) is 10.8 Å². The Balaban J connectivity index is 2.56. The monoisotopic (exact) mass is 257 g/mol. The van der Waals surface area contributed by atoms with Gasteiger partial charge >= 0.3 is 11.8 Å². The van der Waals surface area contributed by atoms with Crippen LogP contribution in [-0.4, -0.2) is 25.9 Å². The molecule has 0 unspecified atom stereocenters. The molecule has 2 aromatic rings. The van der Waals surface area contributed by atoms with Gasteiger partial charge in [0.05, 0.1) is 0 Å². The highest BCUT2D eigenvalue weighted by Gasteiger charge is 2.12. The fraction of sp³-hybridized carbons (Fsp3) is 0.143. The third-order valence-corrected chi connectivity index (χ3v) is 2.85. The summed E-state index contributed by atoms with van der Waals surface area (Å²) in [6, 6.07) is 11.3. The molecule has 0 bridgehead atoms.